The molecule has 1 atom stereocenters. The van der Waals surface area contributed by atoms with Gasteiger partial charge in [-0.3, -0.25) is 5.21 Å². The molecule has 5 heteroatoms. The number of hydrogen-bond donors (Lipinski definition) is 2. The number of rotatable bonds is 3. The van der Waals surface area contributed by atoms with Gasteiger partial charge in [-0.25, -0.2) is 0 Å². The van der Waals surface area contributed by atoms with Crippen LogP contribution in [0.1, 0.15) is 6.92 Å². The first-order valence-electron chi connectivity index (χ1n) is 2.23. The van der Waals surface area contributed by atoms with E-state index < -0.39 is 6.04 Å². The summed E-state index contributed by atoms with van der Waals surface area (Å²) in [7, 11) is 0. The number of nitrogens with zero attached hydrogens (tertiary/aromatic N) is 2. The second kappa shape index (κ2) is 3.34. The monoisotopic (exact) mass is 119 g/mol. The van der Waals surface area contributed by atoms with Gasteiger partial charge in [0.1, 0.15) is 0 Å². The first kappa shape index (κ1) is 7.32. The van der Waals surface area contributed by atoms with Crippen molar-refractivity contribution in [3.63, 3.8) is 0 Å². The first-order valence-corrected chi connectivity index (χ1v) is 2.23. The highest BCUT2D eigenvalue weighted by molar-refractivity contribution is 4.53. The second-order valence-corrected chi connectivity index (χ2v) is 1.49. The molecule has 0 radical (unpaired) electrons. The van der Waals surface area contributed by atoms with Gasteiger partial charge in [0.2, 0.25) is 0 Å². The topological polar surface area (TPSA) is 78.9 Å². The van der Waals surface area contributed by atoms with Gasteiger partial charge in [0.05, 0.1) is 11.3 Å². The van der Waals surface area contributed by atoms with Crippen molar-refractivity contribution in [1.29, 1.82) is 0 Å². The summed E-state index contributed by atoms with van der Waals surface area (Å²) < 4.78 is 0. The Labute approximate surface area is 47.0 Å². The van der Waals surface area contributed by atoms with Gasteiger partial charge in [-0.2, -0.15) is 0 Å². The van der Waals surface area contributed by atoms with E-state index in [1.165, 1.54) is 0 Å². The molecule has 0 saturated carbocycles. The number of hydrogen-bond acceptors (Lipinski definition) is 4. The highest BCUT2D eigenvalue weighted by Gasteiger charge is 2.05. The van der Waals surface area contributed by atoms with Gasteiger partial charge in [-0.15, -0.1) is 10.1 Å². The second-order valence-electron chi connectivity index (χ2n) is 1.49. The van der Waals surface area contributed by atoms with Crippen molar-refractivity contribution in [2.24, 2.45) is 11.0 Å². The molecule has 0 aromatic heterocycles. The third kappa shape index (κ3) is 1.85. The van der Waals surface area contributed by atoms with E-state index in [9.17, 15) is 4.91 Å². The molecule has 8 heavy (non-hydrogen) atoms. The van der Waals surface area contributed by atoms with Crippen LogP contribution < -0.4 is 5.73 Å². The smallest absolute Gasteiger partial charge is 0.0882 e. The zero-order valence-electron chi connectivity index (χ0n) is 4.61. The molecule has 0 aliphatic carbocycles. The van der Waals surface area contributed by atoms with E-state index in [2.05, 4.69) is 5.29 Å². The van der Waals surface area contributed by atoms with Crippen LogP contribution in [0, 0.1) is 4.91 Å². The zero-order chi connectivity index (χ0) is 6.57. The Bertz CT molecular complexity index is 76.9. The van der Waals surface area contributed by atoms with Crippen LogP contribution in [0.4, 0.5) is 0 Å². The summed E-state index contributed by atoms with van der Waals surface area (Å²) in [6, 6.07) is -0.396. The maximum absolute atomic E-state index is 9.48. The average Bonchev–Trinajstić information content (AvgIpc) is 1.84. The molecular weight excluding hydrogens is 110 g/mol. The van der Waals surface area contributed by atoms with Crippen LogP contribution >= 0.6 is 0 Å². The van der Waals surface area contributed by atoms with Crippen molar-refractivity contribution in [2.75, 3.05) is 6.54 Å². The van der Waals surface area contributed by atoms with Crippen LogP contribution in [-0.2, 0) is 0 Å². The predicted molar refractivity (Wildman–Crippen MR) is 27.9 cm³/mol. The fourth-order valence-corrected chi connectivity index (χ4v) is 0.175. The summed E-state index contributed by atoms with van der Waals surface area (Å²) >= 11 is 0. The minimum Gasteiger partial charge on any atom is -0.328 e. The van der Waals surface area contributed by atoms with Crippen molar-refractivity contribution >= 4 is 0 Å². The van der Waals surface area contributed by atoms with E-state index in [1.807, 2.05) is 0 Å². The third-order valence-corrected chi connectivity index (χ3v) is 0.819. The van der Waals surface area contributed by atoms with Gasteiger partial charge in [-0.1, -0.05) is 0 Å². The van der Waals surface area contributed by atoms with Gasteiger partial charge in [0.25, 0.3) is 0 Å². The molecule has 0 rings (SSSR count). The molecule has 48 valence electrons. The van der Waals surface area contributed by atoms with Crippen LogP contribution in [0.2, 0.25) is 0 Å². The van der Waals surface area contributed by atoms with E-state index >= 15 is 0 Å². The molecule has 0 saturated heterocycles. The predicted octanol–water partition coefficient (Wildman–Crippen LogP) is -0.294. The fourth-order valence-electron chi connectivity index (χ4n) is 0.175. The summed E-state index contributed by atoms with van der Waals surface area (Å²) in [6.45, 7) is 1.80. The Morgan fingerprint density at radius 1 is 2.00 bits per heavy atom. The Hall–Kier alpha value is -0.680. The van der Waals surface area contributed by atoms with Gasteiger partial charge in [-0.05, 0) is 6.92 Å². The van der Waals surface area contributed by atoms with E-state index in [0.29, 0.717) is 5.17 Å². The summed E-state index contributed by atoms with van der Waals surface area (Å²) in [5, 5.41) is 10.9. The van der Waals surface area contributed by atoms with E-state index in [4.69, 9.17) is 10.9 Å². The Morgan fingerprint density at radius 3 is 2.62 bits per heavy atom. The van der Waals surface area contributed by atoms with Crippen LogP contribution in [-0.4, -0.2) is 23.0 Å². The fraction of sp³-hybridized carbons (Fsp3) is 1.00. The number of nitroso groups, excluding NO2 is 1. The molecule has 1 unspecified atom stereocenters. The van der Waals surface area contributed by atoms with E-state index in [0.717, 1.165) is 0 Å². The maximum Gasteiger partial charge on any atom is 0.0882 e. The lowest BCUT2D eigenvalue weighted by Gasteiger charge is -2.11. The average molecular weight is 119 g/mol. The largest absolute Gasteiger partial charge is 0.328 e. The maximum atomic E-state index is 9.48. The van der Waals surface area contributed by atoms with Crippen molar-refractivity contribution in [3.8, 4) is 0 Å². The first-order chi connectivity index (χ1) is 3.72. The SMILES string of the molecule is CC(CN)N(O)N=O. The van der Waals surface area contributed by atoms with E-state index in [-0.39, 0.29) is 6.54 Å². The highest BCUT2D eigenvalue weighted by atomic mass is 16.6. The lowest BCUT2D eigenvalue weighted by Crippen LogP contribution is -2.31. The zero-order valence-corrected chi connectivity index (χ0v) is 4.61. The minimum atomic E-state index is -0.396. The molecule has 0 aromatic rings. The summed E-state index contributed by atoms with van der Waals surface area (Å²) in [5.74, 6) is 0. The van der Waals surface area contributed by atoms with Crippen molar-refractivity contribution in [1.82, 2.24) is 5.17 Å². The van der Waals surface area contributed by atoms with Gasteiger partial charge in [0.15, 0.2) is 0 Å². The standard InChI is InChI=1S/C3H9N3O2/c1-3(2-4)6(8)5-7/h3,8H,2,4H2,1H3. The van der Waals surface area contributed by atoms with Crippen LogP contribution in [0.3, 0.4) is 0 Å². The lowest BCUT2D eigenvalue weighted by molar-refractivity contribution is -0.120. The Morgan fingerprint density at radius 2 is 2.50 bits per heavy atom. The number of hydroxylamine groups is 1. The molecule has 0 bridgehead atoms. The quantitative estimate of drug-likeness (QED) is 0.395. The molecular formula is C3H9N3O2. The summed E-state index contributed by atoms with van der Waals surface area (Å²) in [5.41, 5.74) is 5.05. The molecule has 0 fully saturated rings. The van der Waals surface area contributed by atoms with Crippen molar-refractivity contribution in [3.05, 3.63) is 4.91 Å². The molecule has 3 N–H and O–H groups in total. The lowest BCUT2D eigenvalue weighted by atomic mass is 10.4. The molecule has 0 aromatic carbocycles. The van der Waals surface area contributed by atoms with Gasteiger partial charge < -0.3 is 5.73 Å². The van der Waals surface area contributed by atoms with E-state index in [1.54, 1.807) is 6.92 Å². The highest BCUT2D eigenvalue weighted by Crippen LogP contribution is 1.89. The normalized spacial score (nSPS) is 12.9. The molecule has 0 spiro atoms. The molecule has 0 heterocycles. The Kier molecular flexibility index (Phi) is 3.05. The molecule has 0 aliphatic rings. The van der Waals surface area contributed by atoms with Crippen molar-refractivity contribution < 1.29 is 5.21 Å². The molecule has 0 amide bonds. The minimum absolute atomic E-state index is 0.211. The Balaban J connectivity index is 3.44. The summed E-state index contributed by atoms with van der Waals surface area (Å²) in [4.78, 5) is 9.48. The van der Waals surface area contributed by atoms with Gasteiger partial charge in [0, 0.05) is 6.54 Å². The third-order valence-electron chi connectivity index (χ3n) is 0.819. The van der Waals surface area contributed by atoms with Crippen molar-refractivity contribution in [2.45, 2.75) is 13.0 Å². The van der Waals surface area contributed by atoms with Crippen LogP contribution in [0.15, 0.2) is 5.29 Å². The van der Waals surface area contributed by atoms with Gasteiger partial charge >= 0.3 is 0 Å². The van der Waals surface area contributed by atoms with Crippen LogP contribution in [0.25, 0.3) is 0 Å². The van der Waals surface area contributed by atoms with Crippen LogP contribution in [0.5, 0.6) is 0 Å². The number of nitrogens with two attached hydrogens (primary N) is 1. The molecule has 0 aliphatic heterocycles. The summed E-state index contributed by atoms with van der Waals surface area (Å²) in [6.07, 6.45) is 0. The molecule has 5 nitrogen and oxygen atoms in total.